The van der Waals surface area contributed by atoms with Crippen molar-refractivity contribution in [1.29, 1.82) is 0 Å². The minimum absolute atomic E-state index is 0. The maximum atomic E-state index is 12.6. The van der Waals surface area contributed by atoms with Crippen LogP contribution in [0.2, 0.25) is 0 Å². The van der Waals surface area contributed by atoms with Crippen LogP contribution >= 0.6 is 12.4 Å². The number of aliphatic hydroxyl groups is 1. The number of hydrogen-bond donors (Lipinski definition) is 2. The van der Waals surface area contributed by atoms with E-state index in [1.807, 2.05) is 42.8 Å². The van der Waals surface area contributed by atoms with Crippen LogP contribution in [0.1, 0.15) is 29.8 Å². The van der Waals surface area contributed by atoms with Gasteiger partial charge in [-0.25, -0.2) is 4.68 Å². The normalized spacial score (nSPS) is 22.1. The highest BCUT2D eigenvalue weighted by molar-refractivity contribution is 5.85. The van der Waals surface area contributed by atoms with Crippen LogP contribution in [0.25, 0.3) is 5.69 Å². The van der Waals surface area contributed by atoms with Crippen LogP contribution in [-0.2, 0) is 11.3 Å². The Morgan fingerprint density at radius 3 is 2.65 bits per heavy atom. The predicted octanol–water partition coefficient (Wildman–Crippen LogP) is 1.97. The number of amides is 1. The molecule has 1 heterocycles. The molecule has 142 valence electrons. The van der Waals surface area contributed by atoms with Crippen molar-refractivity contribution in [2.75, 3.05) is 7.05 Å². The first-order chi connectivity index (χ1) is 11.8. The number of hydrogen-bond acceptors (Lipinski definition) is 4. The SMILES string of the molecule is Cc1cc(C)n(-c2cccc(CN(C)C(=O)[C@H]3C[C@H](N)[C@@H](O)C3)c2)n1.Cl. The summed E-state index contributed by atoms with van der Waals surface area (Å²) >= 11 is 0. The van der Waals surface area contributed by atoms with Gasteiger partial charge in [-0.3, -0.25) is 4.79 Å². The largest absolute Gasteiger partial charge is 0.391 e. The van der Waals surface area contributed by atoms with E-state index in [0.717, 1.165) is 22.6 Å². The molecular formula is C19H27ClN4O2. The van der Waals surface area contributed by atoms with Crippen molar-refractivity contribution in [3.8, 4) is 5.69 Å². The summed E-state index contributed by atoms with van der Waals surface area (Å²) in [5, 5.41) is 14.3. The van der Waals surface area contributed by atoms with Gasteiger partial charge in [-0.15, -0.1) is 12.4 Å². The highest BCUT2D eigenvalue weighted by Gasteiger charge is 2.35. The Kier molecular flexibility index (Phi) is 6.44. The lowest BCUT2D eigenvalue weighted by Crippen LogP contribution is -2.32. The van der Waals surface area contributed by atoms with Crippen LogP contribution in [0, 0.1) is 19.8 Å². The summed E-state index contributed by atoms with van der Waals surface area (Å²) < 4.78 is 1.91. The molecule has 1 aliphatic carbocycles. The minimum Gasteiger partial charge on any atom is -0.391 e. The van der Waals surface area contributed by atoms with Gasteiger partial charge in [0.25, 0.3) is 0 Å². The van der Waals surface area contributed by atoms with E-state index in [1.165, 1.54) is 0 Å². The van der Waals surface area contributed by atoms with Gasteiger partial charge in [0.1, 0.15) is 0 Å². The first kappa shape index (κ1) is 20.4. The van der Waals surface area contributed by atoms with E-state index in [9.17, 15) is 9.90 Å². The molecule has 1 fully saturated rings. The summed E-state index contributed by atoms with van der Waals surface area (Å²) in [5.74, 6) is -0.141. The van der Waals surface area contributed by atoms with Crippen molar-refractivity contribution in [3.05, 3.63) is 47.3 Å². The molecule has 3 N–H and O–H groups in total. The molecule has 6 nitrogen and oxygen atoms in total. The zero-order valence-corrected chi connectivity index (χ0v) is 16.2. The maximum Gasteiger partial charge on any atom is 0.225 e. The molecule has 0 bridgehead atoms. The molecule has 0 radical (unpaired) electrons. The number of aliphatic hydroxyl groups excluding tert-OH is 1. The zero-order valence-electron chi connectivity index (χ0n) is 15.4. The Morgan fingerprint density at radius 1 is 1.35 bits per heavy atom. The lowest BCUT2D eigenvalue weighted by atomic mass is 10.1. The van der Waals surface area contributed by atoms with Crippen LogP contribution in [0.4, 0.5) is 0 Å². The highest BCUT2D eigenvalue weighted by Crippen LogP contribution is 2.27. The summed E-state index contributed by atoms with van der Waals surface area (Å²) in [4.78, 5) is 14.3. The van der Waals surface area contributed by atoms with Gasteiger partial charge in [0.15, 0.2) is 0 Å². The van der Waals surface area contributed by atoms with Gasteiger partial charge in [0.05, 0.1) is 17.5 Å². The predicted molar refractivity (Wildman–Crippen MR) is 103 cm³/mol. The zero-order chi connectivity index (χ0) is 18.1. The van der Waals surface area contributed by atoms with E-state index in [2.05, 4.69) is 11.2 Å². The summed E-state index contributed by atoms with van der Waals surface area (Å²) in [5.41, 5.74) is 9.92. The van der Waals surface area contributed by atoms with Crippen LogP contribution in [-0.4, -0.2) is 44.9 Å². The molecule has 2 aromatic rings. The van der Waals surface area contributed by atoms with Gasteiger partial charge in [0, 0.05) is 31.2 Å². The Balaban J connectivity index is 0.00000243. The van der Waals surface area contributed by atoms with E-state index in [1.54, 1.807) is 11.9 Å². The molecule has 1 amide bonds. The minimum atomic E-state index is -0.572. The van der Waals surface area contributed by atoms with Crippen molar-refractivity contribution >= 4 is 18.3 Å². The van der Waals surface area contributed by atoms with Crippen molar-refractivity contribution in [2.45, 2.75) is 45.4 Å². The Labute approximate surface area is 160 Å². The van der Waals surface area contributed by atoms with Crippen molar-refractivity contribution < 1.29 is 9.90 Å². The summed E-state index contributed by atoms with van der Waals surface area (Å²) in [6, 6.07) is 9.80. The monoisotopic (exact) mass is 378 g/mol. The van der Waals surface area contributed by atoms with Crippen molar-refractivity contribution in [3.63, 3.8) is 0 Å². The summed E-state index contributed by atoms with van der Waals surface area (Å²) in [6.45, 7) is 4.52. The van der Waals surface area contributed by atoms with Crippen LogP contribution < -0.4 is 5.73 Å². The fourth-order valence-corrected chi connectivity index (χ4v) is 3.59. The van der Waals surface area contributed by atoms with E-state index in [-0.39, 0.29) is 30.3 Å². The molecule has 3 rings (SSSR count). The molecule has 1 aliphatic rings. The molecule has 0 spiro atoms. The lowest BCUT2D eigenvalue weighted by Gasteiger charge is -2.21. The third kappa shape index (κ3) is 4.26. The highest BCUT2D eigenvalue weighted by atomic mass is 35.5. The standard InChI is InChI=1S/C19H26N4O2.ClH/c1-12-7-13(2)23(21-12)16-6-4-5-14(8-16)11-22(3)19(25)15-9-17(20)18(24)10-15;/h4-8,15,17-18,24H,9-11,20H2,1-3H3;1H/t15-,17-,18-;/m0./s1. The number of benzene rings is 1. The first-order valence-electron chi connectivity index (χ1n) is 8.66. The Morgan fingerprint density at radius 2 is 2.08 bits per heavy atom. The number of nitrogens with two attached hydrogens (primary N) is 1. The molecule has 1 saturated carbocycles. The number of aromatic nitrogens is 2. The molecule has 7 heteroatoms. The van der Waals surface area contributed by atoms with Crippen LogP contribution in [0.5, 0.6) is 0 Å². The fourth-order valence-electron chi connectivity index (χ4n) is 3.59. The number of carbonyl (C=O) groups is 1. The topological polar surface area (TPSA) is 84.4 Å². The third-order valence-electron chi connectivity index (χ3n) is 4.89. The quantitative estimate of drug-likeness (QED) is 0.851. The van der Waals surface area contributed by atoms with Gasteiger partial charge < -0.3 is 15.7 Å². The fraction of sp³-hybridized carbons (Fsp3) is 0.474. The van der Waals surface area contributed by atoms with Crippen LogP contribution in [0.3, 0.4) is 0 Å². The molecule has 3 atom stereocenters. The van der Waals surface area contributed by atoms with Gasteiger partial charge in [-0.1, -0.05) is 12.1 Å². The molecule has 0 unspecified atom stereocenters. The molecule has 0 aliphatic heterocycles. The van der Waals surface area contributed by atoms with Crippen molar-refractivity contribution in [2.24, 2.45) is 11.7 Å². The Hall–Kier alpha value is -1.89. The van der Waals surface area contributed by atoms with Gasteiger partial charge in [0.2, 0.25) is 5.91 Å². The second kappa shape index (κ2) is 8.20. The van der Waals surface area contributed by atoms with E-state index >= 15 is 0 Å². The first-order valence-corrected chi connectivity index (χ1v) is 8.66. The summed E-state index contributed by atoms with van der Waals surface area (Å²) in [7, 11) is 1.80. The van der Waals surface area contributed by atoms with Gasteiger partial charge >= 0.3 is 0 Å². The Bertz CT molecular complexity index is 767. The molecule has 0 saturated heterocycles. The average molecular weight is 379 g/mol. The number of rotatable bonds is 4. The lowest BCUT2D eigenvalue weighted by molar-refractivity contribution is -0.134. The second-order valence-corrected chi connectivity index (χ2v) is 7.10. The number of carbonyl (C=O) groups excluding carboxylic acids is 1. The molecule has 1 aromatic heterocycles. The third-order valence-corrected chi connectivity index (χ3v) is 4.89. The molecule has 1 aromatic carbocycles. The van der Waals surface area contributed by atoms with Crippen LogP contribution in [0.15, 0.2) is 30.3 Å². The number of aryl methyl sites for hydroxylation is 2. The van der Waals surface area contributed by atoms with Gasteiger partial charge in [-0.2, -0.15) is 5.10 Å². The van der Waals surface area contributed by atoms with Crippen molar-refractivity contribution in [1.82, 2.24) is 14.7 Å². The number of halogens is 1. The second-order valence-electron chi connectivity index (χ2n) is 7.10. The summed E-state index contributed by atoms with van der Waals surface area (Å²) in [6.07, 6.45) is 0.434. The van der Waals surface area contributed by atoms with E-state index < -0.39 is 6.10 Å². The molecular weight excluding hydrogens is 352 g/mol. The van der Waals surface area contributed by atoms with E-state index in [0.29, 0.717) is 19.4 Å². The number of nitrogens with zero attached hydrogens (tertiary/aromatic N) is 3. The average Bonchev–Trinajstić information content (AvgIpc) is 3.08. The van der Waals surface area contributed by atoms with Gasteiger partial charge in [-0.05, 0) is 50.5 Å². The maximum absolute atomic E-state index is 12.6. The van der Waals surface area contributed by atoms with E-state index in [4.69, 9.17) is 5.73 Å². The molecule has 26 heavy (non-hydrogen) atoms. The smallest absolute Gasteiger partial charge is 0.225 e.